The van der Waals surface area contributed by atoms with Crippen LogP contribution in [0.2, 0.25) is 0 Å². The Balaban J connectivity index is 1.93. The number of likely N-dealkylation sites (tertiary alicyclic amines) is 1. The van der Waals surface area contributed by atoms with Crippen molar-refractivity contribution in [1.29, 1.82) is 0 Å². The summed E-state index contributed by atoms with van der Waals surface area (Å²) in [6.07, 6.45) is 11.4. The Morgan fingerprint density at radius 3 is 3.12 bits per heavy atom. The Bertz CT molecular complexity index is 386. The molecule has 0 N–H and O–H groups in total. The summed E-state index contributed by atoms with van der Waals surface area (Å²) in [5.41, 5.74) is 4.29. The van der Waals surface area contributed by atoms with Crippen molar-refractivity contribution >= 4 is 0 Å². The van der Waals surface area contributed by atoms with Crippen LogP contribution in [0.15, 0.2) is 41.4 Å². The van der Waals surface area contributed by atoms with Crippen LogP contribution in [0.5, 0.6) is 0 Å². The molecule has 2 heteroatoms. The zero-order valence-corrected chi connectivity index (χ0v) is 10.5. The molecule has 1 atom stereocenters. The van der Waals surface area contributed by atoms with Crippen LogP contribution in [0.3, 0.4) is 0 Å². The Hall–Kier alpha value is -1.11. The maximum atomic E-state index is 13.0. The fraction of sp³-hybridized carbons (Fsp3) is 0.533. The van der Waals surface area contributed by atoms with Gasteiger partial charge in [0.1, 0.15) is 5.83 Å². The lowest BCUT2D eigenvalue weighted by Crippen LogP contribution is -2.18. The molecule has 0 radical (unpaired) electrons. The number of nitrogens with zero attached hydrogens (tertiary/aromatic N) is 1. The van der Waals surface area contributed by atoms with E-state index in [2.05, 4.69) is 17.7 Å². The van der Waals surface area contributed by atoms with Gasteiger partial charge in [0.15, 0.2) is 0 Å². The first kappa shape index (κ1) is 12.3. The summed E-state index contributed by atoms with van der Waals surface area (Å²) in [6, 6.07) is 0. The number of hydrogen-bond acceptors (Lipinski definition) is 1. The third-order valence-electron chi connectivity index (χ3n) is 3.53. The van der Waals surface area contributed by atoms with Gasteiger partial charge >= 0.3 is 0 Å². The predicted octanol–water partition coefficient (Wildman–Crippen LogP) is 3.61. The highest BCUT2D eigenvalue weighted by Crippen LogP contribution is 2.24. The molecule has 2 rings (SSSR count). The van der Waals surface area contributed by atoms with Crippen molar-refractivity contribution in [3.63, 3.8) is 0 Å². The molecule has 1 fully saturated rings. The minimum Gasteiger partial charge on any atom is -0.306 e. The fourth-order valence-electron chi connectivity index (χ4n) is 2.46. The van der Waals surface area contributed by atoms with E-state index in [1.807, 2.05) is 6.08 Å². The number of halogens is 1. The molecule has 0 saturated carbocycles. The van der Waals surface area contributed by atoms with E-state index >= 15 is 0 Å². The van der Waals surface area contributed by atoms with E-state index in [0.29, 0.717) is 0 Å². The minimum absolute atomic E-state index is 0.187. The SMILES string of the molecule is CN1CCCC(CC2=C=CC=C(F)C=C2)CC1. The second-order valence-electron chi connectivity index (χ2n) is 5.03. The highest BCUT2D eigenvalue weighted by molar-refractivity contribution is 5.31. The second kappa shape index (κ2) is 6.00. The van der Waals surface area contributed by atoms with E-state index in [-0.39, 0.29) is 5.83 Å². The normalized spacial score (nSPS) is 26.1. The van der Waals surface area contributed by atoms with Gasteiger partial charge < -0.3 is 4.90 Å². The van der Waals surface area contributed by atoms with Gasteiger partial charge in [-0.15, -0.1) is 5.73 Å². The highest BCUT2D eigenvalue weighted by atomic mass is 19.1. The van der Waals surface area contributed by atoms with Gasteiger partial charge in [0.25, 0.3) is 0 Å². The summed E-state index contributed by atoms with van der Waals surface area (Å²) in [5.74, 6) is 0.537. The van der Waals surface area contributed by atoms with Crippen molar-refractivity contribution in [3.8, 4) is 0 Å². The zero-order chi connectivity index (χ0) is 12.1. The number of rotatable bonds is 2. The van der Waals surface area contributed by atoms with E-state index in [1.54, 1.807) is 6.08 Å². The van der Waals surface area contributed by atoms with Crippen LogP contribution in [0, 0.1) is 5.92 Å². The Kier molecular flexibility index (Phi) is 4.36. The molecule has 0 spiro atoms. The standard InChI is InChI=1S/C15H20FN/c1-17-10-3-5-14(9-11-17)12-13-4-2-6-15(16)8-7-13/h2,6-8,14H,3,5,9-12H2,1H3. The van der Waals surface area contributed by atoms with Gasteiger partial charge in [-0.3, -0.25) is 0 Å². The molecule has 1 nitrogen and oxygen atoms in total. The number of hydrogen-bond donors (Lipinski definition) is 0. The van der Waals surface area contributed by atoms with Gasteiger partial charge in [0, 0.05) is 0 Å². The van der Waals surface area contributed by atoms with Crippen LogP contribution in [0.4, 0.5) is 4.39 Å². The monoisotopic (exact) mass is 233 g/mol. The lowest BCUT2D eigenvalue weighted by Gasteiger charge is -2.14. The van der Waals surface area contributed by atoms with Crippen molar-refractivity contribution in [2.45, 2.75) is 25.7 Å². The average Bonchev–Trinajstić information content (AvgIpc) is 2.62. The quantitative estimate of drug-likeness (QED) is 0.658. The second-order valence-corrected chi connectivity index (χ2v) is 5.03. The summed E-state index contributed by atoms with van der Waals surface area (Å²) in [6.45, 7) is 2.38. The third kappa shape index (κ3) is 3.99. The summed E-state index contributed by atoms with van der Waals surface area (Å²) in [5, 5.41) is 0. The van der Waals surface area contributed by atoms with Gasteiger partial charge in [0.05, 0.1) is 0 Å². The van der Waals surface area contributed by atoms with E-state index in [1.165, 1.54) is 44.5 Å². The Labute approximate surface area is 103 Å². The first-order chi connectivity index (χ1) is 8.24. The fourth-order valence-corrected chi connectivity index (χ4v) is 2.46. The Morgan fingerprint density at radius 2 is 2.24 bits per heavy atom. The van der Waals surface area contributed by atoms with E-state index in [9.17, 15) is 4.39 Å². The van der Waals surface area contributed by atoms with Gasteiger partial charge in [-0.1, -0.05) is 0 Å². The molecule has 1 heterocycles. The van der Waals surface area contributed by atoms with Crippen molar-refractivity contribution in [2.24, 2.45) is 5.92 Å². The first-order valence-electron chi connectivity index (χ1n) is 6.42. The van der Waals surface area contributed by atoms with Crippen LogP contribution in [0.1, 0.15) is 25.7 Å². The summed E-state index contributed by atoms with van der Waals surface area (Å²) >= 11 is 0. The molecular weight excluding hydrogens is 213 g/mol. The molecule has 1 aliphatic carbocycles. The molecule has 0 aromatic rings. The van der Waals surface area contributed by atoms with Crippen LogP contribution in [-0.2, 0) is 0 Å². The first-order valence-corrected chi connectivity index (χ1v) is 6.42. The van der Waals surface area contributed by atoms with Crippen LogP contribution in [0.25, 0.3) is 0 Å². The van der Waals surface area contributed by atoms with Crippen molar-refractivity contribution in [3.05, 3.63) is 41.4 Å². The highest BCUT2D eigenvalue weighted by Gasteiger charge is 2.15. The third-order valence-corrected chi connectivity index (χ3v) is 3.53. The molecule has 0 bridgehead atoms. The van der Waals surface area contributed by atoms with Crippen LogP contribution >= 0.6 is 0 Å². The number of allylic oxidation sites excluding steroid dienone is 5. The summed E-state index contributed by atoms with van der Waals surface area (Å²) in [4.78, 5) is 2.40. The van der Waals surface area contributed by atoms with E-state index in [4.69, 9.17) is 0 Å². The molecule has 17 heavy (non-hydrogen) atoms. The van der Waals surface area contributed by atoms with E-state index in [0.717, 1.165) is 17.9 Å². The van der Waals surface area contributed by atoms with Crippen LogP contribution in [-0.4, -0.2) is 25.0 Å². The largest absolute Gasteiger partial charge is 0.306 e. The molecule has 1 saturated heterocycles. The van der Waals surface area contributed by atoms with Gasteiger partial charge in [-0.2, -0.15) is 0 Å². The topological polar surface area (TPSA) is 3.24 Å². The molecule has 1 aliphatic heterocycles. The van der Waals surface area contributed by atoms with Gasteiger partial charge in [0.2, 0.25) is 0 Å². The van der Waals surface area contributed by atoms with Crippen LogP contribution < -0.4 is 0 Å². The molecule has 92 valence electrons. The van der Waals surface area contributed by atoms with E-state index < -0.39 is 0 Å². The molecule has 0 aromatic carbocycles. The van der Waals surface area contributed by atoms with Crippen molar-refractivity contribution in [2.75, 3.05) is 20.1 Å². The lowest BCUT2D eigenvalue weighted by molar-refractivity contribution is 0.341. The average molecular weight is 233 g/mol. The smallest absolute Gasteiger partial charge is 0.123 e. The molecule has 0 aromatic heterocycles. The summed E-state index contributed by atoms with van der Waals surface area (Å²) < 4.78 is 13.0. The van der Waals surface area contributed by atoms with Gasteiger partial charge in [-0.05, 0) is 81.6 Å². The molecule has 2 aliphatic rings. The van der Waals surface area contributed by atoms with Crippen molar-refractivity contribution in [1.82, 2.24) is 4.90 Å². The predicted molar refractivity (Wildman–Crippen MR) is 69.4 cm³/mol. The van der Waals surface area contributed by atoms with Gasteiger partial charge in [-0.25, -0.2) is 4.39 Å². The Morgan fingerprint density at radius 1 is 1.35 bits per heavy atom. The summed E-state index contributed by atoms with van der Waals surface area (Å²) in [7, 11) is 2.19. The molecule has 1 unspecified atom stereocenters. The maximum absolute atomic E-state index is 13.0. The lowest BCUT2D eigenvalue weighted by atomic mass is 9.93. The molecule has 0 amide bonds. The minimum atomic E-state index is -0.187. The van der Waals surface area contributed by atoms with Crippen molar-refractivity contribution < 1.29 is 4.39 Å². The molecular formula is C15H20FN. The maximum Gasteiger partial charge on any atom is 0.123 e. The zero-order valence-electron chi connectivity index (χ0n) is 10.5.